The topological polar surface area (TPSA) is 51.2 Å². The number of aliphatic hydroxyl groups excluding tert-OH is 1. The van der Waals surface area contributed by atoms with Crippen molar-refractivity contribution >= 4 is 0 Å². The molecule has 2 aromatic carbocycles. The Bertz CT molecular complexity index is 657. The first kappa shape index (κ1) is 17.8. The van der Waals surface area contributed by atoms with Crippen LogP contribution in [0, 0.1) is 0 Å². The molecule has 134 valence electrons. The molecule has 0 spiro atoms. The maximum atomic E-state index is 8.81. The second kappa shape index (κ2) is 7.89. The Hall–Kier alpha value is -2.04. The summed E-state index contributed by atoms with van der Waals surface area (Å²) >= 11 is 0. The maximum absolute atomic E-state index is 8.81. The van der Waals surface area contributed by atoms with Crippen molar-refractivity contribution in [3.05, 3.63) is 59.7 Å². The summed E-state index contributed by atoms with van der Waals surface area (Å²) < 4.78 is 16.5. The summed E-state index contributed by atoms with van der Waals surface area (Å²) in [5.41, 5.74) is 2.35. The number of hydrogen-bond donors (Lipinski definition) is 1. The van der Waals surface area contributed by atoms with Gasteiger partial charge in [0.25, 0.3) is 0 Å². The molecule has 1 N–H and O–H groups in total. The van der Waals surface area contributed by atoms with E-state index in [1.807, 2.05) is 24.3 Å². The van der Waals surface area contributed by atoms with Crippen LogP contribution in [0.5, 0.6) is 11.5 Å². The summed E-state index contributed by atoms with van der Waals surface area (Å²) in [6.45, 7) is 6.54. The average Bonchev–Trinajstić information content (AvgIpc) is 3.45. The van der Waals surface area contributed by atoms with E-state index in [-0.39, 0.29) is 18.1 Å². The molecule has 1 unspecified atom stereocenters. The zero-order valence-electron chi connectivity index (χ0n) is 14.9. The predicted molar refractivity (Wildman–Crippen MR) is 97.4 cm³/mol. The van der Waals surface area contributed by atoms with E-state index in [0.717, 1.165) is 18.1 Å². The molecule has 0 bridgehead atoms. The third-order valence-electron chi connectivity index (χ3n) is 4.56. The normalized spacial score (nSPS) is 16.5. The minimum Gasteiger partial charge on any atom is -0.494 e. The third kappa shape index (κ3) is 4.74. The highest BCUT2D eigenvalue weighted by Gasteiger charge is 2.24. The van der Waals surface area contributed by atoms with E-state index in [1.165, 1.54) is 11.1 Å². The standard InChI is InChI=1S/C21H26O4/c1-21(2,16-4-8-18(9-5-16)23-13-3-12-22)17-6-10-19(11-7-17)24-14-20-15-25-20/h4-11,20,22H,3,12-15H2,1-2H3. The SMILES string of the molecule is CC(C)(c1ccc(OCCCO)cc1)c1ccc(OCC2CO2)cc1. The molecule has 1 heterocycles. The van der Waals surface area contributed by atoms with Gasteiger partial charge in [-0.15, -0.1) is 0 Å². The second-order valence-electron chi connectivity index (χ2n) is 6.87. The Morgan fingerprint density at radius 3 is 1.96 bits per heavy atom. The van der Waals surface area contributed by atoms with Crippen molar-refractivity contribution in [2.24, 2.45) is 0 Å². The predicted octanol–water partition coefficient (Wildman–Crippen LogP) is 3.55. The van der Waals surface area contributed by atoms with E-state index in [0.29, 0.717) is 19.6 Å². The van der Waals surface area contributed by atoms with Crippen LogP contribution in [-0.4, -0.2) is 37.6 Å². The van der Waals surface area contributed by atoms with E-state index in [1.54, 1.807) is 0 Å². The molecule has 1 fully saturated rings. The van der Waals surface area contributed by atoms with Crippen LogP contribution in [0.25, 0.3) is 0 Å². The lowest BCUT2D eigenvalue weighted by Gasteiger charge is -2.26. The van der Waals surface area contributed by atoms with Crippen LogP contribution in [-0.2, 0) is 10.2 Å². The Kier molecular flexibility index (Phi) is 5.61. The van der Waals surface area contributed by atoms with Crippen LogP contribution in [0.4, 0.5) is 0 Å². The largest absolute Gasteiger partial charge is 0.494 e. The average molecular weight is 342 g/mol. The molecule has 3 rings (SSSR count). The number of hydrogen-bond acceptors (Lipinski definition) is 4. The molecule has 1 aliphatic rings. The minimum absolute atomic E-state index is 0.109. The van der Waals surface area contributed by atoms with E-state index >= 15 is 0 Å². The van der Waals surface area contributed by atoms with Crippen molar-refractivity contribution in [3.8, 4) is 11.5 Å². The second-order valence-corrected chi connectivity index (χ2v) is 6.87. The Morgan fingerprint density at radius 2 is 1.48 bits per heavy atom. The third-order valence-corrected chi connectivity index (χ3v) is 4.56. The van der Waals surface area contributed by atoms with Gasteiger partial charge in [0, 0.05) is 18.4 Å². The molecule has 1 aliphatic heterocycles. The molecule has 0 amide bonds. The summed E-state index contributed by atoms with van der Waals surface area (Å²) in [5, 5.41) is 8.81. The van der Waals surface area contributed by atoms with E-state index in [2.05, 4.69) is 38.1 Å². The van der Waals surface area contributed by atoms with Crippen molar-refractivity contribution in [1.29, 1.82) is 0 Å². The van der Waals surface area contributed by atoms with Gasteiger partial charge >= 0.3 is 0 Å². The number of aliphatic hydroxyl groups is 1. The van der Waals surface area contributed by atoms with Crippen LogP contribution in [0.3, 0.4) is 0 Å². The smallest absolute Gasteiger partial charge is 0.119 e. The van der Waals surface area contributed by atoms with Crippen molar-refractivity contribution in [2.75, 3.05) is 26.4 Å². The molecule has 4 nitrogen and oxygen atoms in total. The van der Waals surface area contributed by atoms with Crippen molar-refractivity contribution < 1.29 is 19.3 Å². The lowest BCUT2D eigenvalue weighted by Crippen LogP contribution is -2.18. The van der Waals surface area contributed by atoms with Gasteiger partial charge in [0.05, 0.1) is 13.2 Å². The highest BCUT2D eigenvalue weighted by molar-refractivity contribution is 5.41. The molecule has 1 saturated heterocycles. The first-order chi connectivity index (χ1) is 12.1. The fourth-order valence-electron chi connectivity index (χ4n) is 2.71. The Labute approximate surface area is 149 Å². The molecule has 25 heavy (non-hydrogen) atoms. The van der Waals surface area contributed by atoms with Crippen LogP contribution >= 0.6 is 0 Å². The molecule has 2 aromatic rings. The van der Waals surface area contributed by atoms with Gasteiger partial charge in [-0.05, 0) is 35.4 Å². The zero-order valence-corrected chi connectivity index (χ0v) is 14.9. The van der Waals surface area contributed by atoms with Gasteiger partial charge in [0.2, 0.25) is 0 Å². The Morgan fingerprint density at radius 1 is 0.960 bits per heavy atom. The van der Waals surface area contributed by atoms with Gasteiger partial charge in [-0.25, -0.2) is 0 Å². The quantitative estimate of drug-likeness (QED) is 0.559. The van der Waals surface area contributed by atoms with Gasteiger partial charge in [0.1, 0.15) is 24.2 Å². The summed E-state index contributed by atoms with van der Waals surface area (Å²) in [7, 11) is 0. The van der Waals surface area contributed by atoms with Gasteiger partial charge in [-0.3, -0.25) is 0 Å². The van der Waals surface area contributed by atoms with Crippen LogP contribution < -0.4 is 9.47 Å². The lowest BCUT2D eigenvalue weighted by atomic mass is 9.78. The molecule has 0 saturated carbocycles. The van der Waals surface area contributed by atoms with Gasteiger partial charge < -0.3 is 19.3 Å². The van der Waals surface area contributed by atoms with Crippen molar-refractivity contribution in [2.45, 2.75) is 31.8 Å². The van der Waals surface area contributed by atoms with Crippen molar-refractivity contribution in [1.82, 2.24) is 0 Å². The number of rotatable bonds is 9. The van der Waals surface area contributed by atoms with Crippen LogP contribution in [0.1, 0.15) is 31.4 Å². The first-order valence-electron chi connectivity index (χ1n) is 8.79. The first-order valence-corrected chi connectivity index (χ1v) is 8.79. The van der Waals surface area contributed by atoms with E-state index in [4.69, 9.17) is 19.3 Å². The summed E-state index contributed by atoms with van der Waals surface area (Å²) in [5.74, 6) is 1.71. The summed E-state index contributed by atoms with van der Waals surface area (Å²) in [6, 6.07) is 16.5. The van der Waals surface area contributed by atoms with E-state index in [9.17, 15) is 0 Å². The van der Waals surface area contributed by atoms with Gasteiger partial charge in [-0.1, -0.05) is 38.1 Å². The summed E-state index contributed by atoms with van der Waals surface area (Å²) in [4.78, 5) is 0. The van der Waals surface area contributed by atoms with Gasteiger partial charge in [0.15, 0.2) is 0 Å². The fraction of sp³-hybridized carbons (Fsp3) is 0.429. The monoisotopic (exact) mass is 342 g/mol. The van der Waals surface area contributed by atoms with Crippen molar-refractivity contribution in [3.63, 3.8) is 0 Å². The number of epoxide rings is 1. The molecule has 4 heteroatoms. The molecular weight excluding hydrogens is 316 g/mol. The van der Waals surface area contributed by atoms with Crippen LogP contribution in [0.2, 0.25) is 0 Å². The highest BCUT2D eigenvalue weighted by atomic mass is 16.6. The lowest BCUT2D eigenvalue weighted by molar-refractivity contribution is 0.233. The zero-order chi connectivity index (χ0) is 17.7. The highest BCUT2D eigenvalue weighted by Crippen LogP contribution is 2.33. The molecule has 0 aromatic heterocycles. The number of benzene rings is 2. The minimum atomic E-state index is -0.109. The molecule has 1 atom stereocenters. The fourth-order valence-corrected chi connectivity index (χ4v) is 2.71. The van der Waals surface area contributed by atoms with Gasteiger partial charge in [-0.2, -0.15) is 0 Å². The Balaban J connectivity index is 1.64. The molecular formula is C21H26O4. The summed E-state index contributed by atoms with van der Waals surface area (Å²) in [6.07, 6.45) is 0.920. The molecule has 0 radical (unpaired) electrons. The maximum Gasteiger partial charge on any atom is 0.119 e. The number of ether oxygens (including phenoxy) is 3. The van der Waals surface area contributed by atoms with Crippen LogP contribution in [0.15, 0.2) is 48.5 Å². The molecule has 0 aliphatic carbocycles. The van der Waals surface area contributed by atoms with E-state index < -0.39 is 0 Å².